The fourth-order valence-corrected chi connectivity index (χ4v) is 2.69. The van der Waals surface area contributed by atoms with Gasteiger partial charge in [-0.3, -0.25) is 6.08 Å². The second-order valence-electron chi connectivity index (χ2n) is 4.32. The Morgan fingerprint density at radius 3 is 2.55 bits per heavy atom. The van der Waals surface area contributed by atoms with Crippen molar-refractivity contribution in [1.29, 1.82) is 0 Å². The van der Waals surface area contributed by atoms with Crippen LogP contribution < -0.4 is 24.8 Å². The number of aromatic nitrogens is 1. The van der Waals surface area contributed by atoms with Crippen molar-refractivity contribution in [3.63, 3.8) is 0 Å². The van der Waals surface area contributed by atoms with Gasteiger partial charge in [-0.1, -0.05) is 14.3 Å². The van der Waals surface area contributed by atoms with Gasteiger partial charge in [0.25, 0.3) is 0 Å². The van der Waals surface area contributed by atoms with Crippen LogP contribution in [-0.2, 0) is 21.7 Å². The molecule has 0 saturated carbocycles. The van der Waals surface area contributed by atoms with Crippen LogP contribution in [0.25, 0.3) is 16.5 Å². The summed E-state index contributed by atoms with van der Waals surface area (Å²) in [5, 5.41) is 2.63. The molecule has 4 rings (SSSR count). The molecule has 1 aromatic heterocycles. The van der Waals surface area contributed by atoms with E-state index in [1.54, 1.807) is 0 Å². The molecule has 1 aliphatic rings. The molecule has 0 fully saturated rings. The van der Waals surface area contributed by atoms with E-state index in [0.29, 0.717) is 0 Å². The van der Waals surface area contributed by atoms with Gasteiger partial charge in [-0.15, -0.1) is 47.5 Å². The Labute approximate surface area is 160 Å². The summed E-state index contributed by atoms with van der Waals surface area (Å²) >= 11 is 0. The van der Waals surface area contributed by atoms with Gasteiger partial charge >= 0.3 is 21.7 Å². The normalized spacial score (nSPS) is 11.3. The van der Waals surface area contributed by atoms with Crippen molar-refractivity contribution in [2.45, 2.75) is 6.42 Å². The van der Waals surface area contributed by atoms with Crippen molar-refractivity contribution in [2.75, 3.05) is 0 Å². The van der Waals surface area contributed by atoms with E-state index >= 15 is 0 Å². The van der Waals surface area contributed by atoms with Gasteiger partial charge in [-0.2, -0.15) is 6.08 Å². The first-order chi connectivity index (χ1) is 9.43. The summed E-state index contributed by atoms with van der Waals surface area (Å²) in [6, 6.07) is 12.9. The van der Waals surface area contributed by atoms with Crippen molar-refractivity contribution in [3.05, 3.63) is 78.6 Å². The molecule has 0 radical (unpaired) electrons. The molecule has 0 spiro atoms. The van der Waals surface area contributed by atoms with E-state index in [0.717, 1.165) is 6.42 Å². The maximum atomic E-state index is 2.99. The Morgan fingerprint density at radius 1 is 1.18 bits per heavy atom. The van der Waals surface area contributed by atoms with Crippen LogP contribution in [0.15, 0.2) is 72.5 Å². The van der Waals surface area contributed by atoms with E-state index in [1.165, 1.54) is 24.7 Å². The summed E-state index contributed by atoms with van der Waals surface area (Å²) in [4.78, 5) is 0. The molecule has 0 amide bonds. The number of hydrogen-bond acceptors (Lipinski definition) is 0. The molecule has 0 bridgehead atoms. The maximum absolute atomic E-state index is 2.99. The first-order valence-electron chi connectivity index (χ1n) is 6.29. The molecule has 1 aliphatic carbocycles. The van der Waals surface area contributed by atoms with Crippen LogP contribution in [0.2, 0.25) is 0 Å². The van der Waals surface area contributed by atoms with Crippen molar-refractivity contribution < 1.29 is 46.5 Å². The standard InChI is InChI=1S/C12H9NP.C5H5.2ClH.Ti/c1-2-4-11-8-12(7-10(11)3-1)13-5-6-14-9-13;1-2-4-5-3-1;;;/h1-9H;1-3H,4H2;2*1H;/q2*-1;;;+4/p-2. The topological polar surface area (TPSA) is 4.93 Å². The van der Waals surface area contributed by atoms with Crippen LogP contribution in [0.5, 0.6) is 0 Å². The Morgan fingerprint density at radius 2 is 2.00 bits per heavy atom. The average molecular weight is 382 g/mol. The number of nitrogens with zero attached hydrogens (tertiary/aromatic N) is 1. The molecule has 0 unspecified atom stereocenters. The third kappa shape index (κ3) is 5.50. The van der Waals surface area contributed by atoms with Gasteiger partial charge in [0.1, 0.15) is 0 Å². The molecule has 1 heterocycles. The Balaban J connectivity index is 0.000000482. The van der Waals surface area contributed by atoms with Crippen molar-refractivity contribution >= 4 is 19.0 Å². The van der Waals surface area contributed by atoms with Gasteiger partial charge in [0.15, 0.2) is 0 Å². The predicted octanol–water partition coefficient (Wildman–Crippen LogP) is -0.759. The fraction of sp³-hybridized carbons (Fsp3) is 0.0588. The minimum Gasteiger partial charge on any atom is -1.00 e. The van der Waals surface area contributed by atoms with Crippen molar-refractivity contribution in [1.82, 2.24) is 4.57 Å². The number of hydrogen-bond donors (Lipinski definition) is 0. The zero-order valence-corrected chi connectivity index (χ0v) is 15.8. The third-order valence-electron chi connectivity index (χ3n) is 2.99. The van der Waals surface area contributed by atoms with Crippen LogP contribution in [-0.4, -0.2) is 4.57 Å². The largest absolute Gasteiger partial charge is 4.00 e. The number of halogens is 2. The molecule has 2 aromatic carbocycles. The van der Waals surface area contributed by atoms with Gasteiger partial charge in [0.05, 0.1) is 0 Å². The molecule has 3 aromatic rings. The van der Waals surface area contributed by atoms with Gasteiger partial charge in [-0.05, 0) is 11.5 Å². The average Bonchev–Trinajstić information content (AvgIpc) is 3.20. The van der Waals surface area contributed by atoms with Crippen LogP contribution >= 0.6 is 8.19 Å². The zero-order chi connectivity index (χ0) is 12.9. The molecular formula is C17H14Cl2NPTi. The van der Waals surface area contributed by atoms with Gasteiger partial charge in [0.2, 0.25) is 0 Å². The molecule has 0 aliphatic heterocycles. The Hall–Kier alpha value is -0.686. The van der Waals surface area contributed by atoms with Gasteiger partial charge in [-0.25, -0.2) is 12.2 Å². The molecule has 0 atom stereocenters. The van der Waals surface area contributed by atoms with Crippen molar-refractivity contribution in [2.24, 2.45) is 0 Å². The molecule has 5 heteroatoms. The maximum Gasteiger partial charge on any atom is 4.00 e. The second-order valence-corrected chi connectivity index (χ2v) is 5.14. The van der Waals surface area contributed by atoms with Crippen LogP contribution in [0.3, 0.4) is 0 Å². The summed E-state index contributed by atoms with van der Waals surface area (Å²) in [6.45, 7) is 0. The molecule has 110 valence electrons. The van der Waals surface area contributed by atoms with E-state index in [2.05, 4.69) is 71.0 Å². The summed E-state index contributed by atoms with van der Waals surface area (Å²) in [7, 11) is 1.26. The van der Waals surface area contributed by atoms with E-state index in [1.807, 2.05) is 12.2 Å². The molecule has 0 saturated heterocycles. The Kier molecular flexibility index (Phi) is 10.6. The molecular weight excluding hydrogens is 368 g/mol. The van der Waals surface area contributed by atoms with E-state index in [4.69, 9.17) is 0 Å². The monoisotopic (exact) mass is 381 g/mol. The first-order valence-corrected chi connectivity index (χ1v) is 7.32. The van der Waals surface area contributed by atoms with E-state index in [9.17, 15) is 0 Å². The van der Waals surface area contributed by atoms with Crippen LogP contribution in [0.1, 0.15) is 6.42 Å². The molecule has 0 N–H and O–H groups in total. The number of benzene rings is 1. The van der Waals surface area contributed by atoms with E-state index < -0.39 is 0 Å². The van der Waals surface area contributed by atoms with Gasteiger partial charge in [0, 0.05) is 12.1 Å². The first kappa shape index (κ1) is 21.3. The fourth-order valence-electron chi connectivity index (χ4n) is 2.04. The Bertz CT molecular complexity index is 674. The summed E-state index contributed by atoms with van der Waals surface area (Å²) in [5.41, 5.74) is 1.26. The van der Waals surface area contributed by atoms with Crippen LogP contribution in [0, 0.1) is 6.08 Å². The summed E-state index contributed by atoms with van der Waals surface area (Å²) in [5.74, 6) is 4.30. The summed E-state index contributed by atoms with van der Waals surface area (Å²) in [6.07, 6.45) is 12.1. The van der Waals surface area contributed by atoms with Crippen LogP contribution in [0.4, 0.5) is 0 Å². The minimum atomic E-state index is 0. The zero-order valence-electron chi connectivity index (χ0n) is 11.8. The number of allylic oxidation sites excluding steroid dienone is 4. The smallest absolute Gasteiger partial charge is 1.00 e. The molecule has 1 nitrogen and oxygen atoms in total. The third-order valence-corrected chi connectivity index (χ3v) is 3.68. The SMILES string of the molecule is [C-]1=CC=CC1.[Cl-].[Cl-].[Ti+4].c1ccc2[cH-]c(-n3ccpc3)cc2c1. The number of rotatable bonds is 1. The van der Waals surface area contributed by atoms with Crippen molar-refractivity contribution in [3.8, 4) is 5.69 Å². The summed E-state index contributed by atoms with van der Waals surface area (Å²) < 4.78 is 2.17. The van der Waals surface area contributed by atoms with E-state index in [-0.39, 0.29) is 46.5 Å². The minimum absolute atomic E-state index is 0. The second kappa shape index (κ2) is 10.9. The quantitative estimate of drug-likeness (QED) is 0.386. The molecule has 22 heavy (non-hydrogen) atoms. The van der Waals surface area contributed by atoms with Gasteiger partial charge < -0.3 is 29.4 Å². The number of fused-ring (bicyclic) bond motifs is 1. The predicted molar refractivity (Wildman–Crippen MR) is 83.0 cm³/mol.